The minimum Gasteiger partial charge on any atom is -0.418 e. The van der Waals surface area contributed by atoms with Gasteiger partial charge in [0.2, 0.25) is 0 Å². The molecule has 0 spiro atoms. The van der Waals surface area contributed by atoms with Crippen LogP contribution in [0.2, 0.25) is 0 Å². The van der Waals surface area contributed by atoms with Crippen molar-refractivity contribution in [3.05, 3.63) is 47.3 Å². The molecule has 2 aromatic carbocycles. The van der Waals surface area contributed by atoms with Crippen LogP contribution in [0.4, 0.5) is 0 Å². The Hall–Kier alpha value is -2.07. The van der Waals surface area contributed by atoms with Crippen molar-refractivity contribution in [2.24, 2.45) is 0 Å². The third-order valence-electron chi connectivity index (χ3n) is 4.38. The summed E-state index contributed by atoms with van der Waals surface area (Å²) in [6, 6.07) is 14.8. The normalized spacial score (nSPS) is 14.7. The Morgan fingerprint density at radius 3 is 2.37 bits per heavy atom. The zero-order chi connectivity index (χ0) is 19.0. The molecule has 0 atom stereocenters. The molecule has 0 aromatic heterocycles. The van der Waals surface area contributed by atoms with Gasteiger partial charge in [0, 0.05) is 15.8 Å². The number of thiazole rings is 1. The van der Waals surface area contributed by atoms with Gasteiger partial charge in [0.15, 0.2) is 0 Å². The minimum atomic E-state index is -4.94. The highest BCUT2D eigenvalue weighted by molar-refractivity contribution is 7.12. The number of fused-ring (bicyclic) bond motifs is 4. The molecule has 1 saturated heterocycles. The molecule has 3 aliphatic heterocycles. The van der Waals surface area contributed by atoms with Crippen LogP contribution < -0.4 is 28.0 Å². The van der Waals surface area contributed by atoms with Crippen LogP contribution in [-0.4, -0.2) is 18.1 Å². The highest BCUT2D eigenvalue weighted by atomic mass is 35.7. The number of hydrogen-bond donors (Lipinski definition) is 0. The van der Waals surface area contributed by atoms with E-state index in [1.807, 2.05) is 0 Å². The van der Waals surface area contributed by atoms with Gasteiger partial charge in [-0.05, 0) is 35.6 Å². The molecular weight excluding hydrogens is 392 g/mol. The van der Waals surface area contributed by atoms with Gasteiger partial charge in [-0.1, -0.05) is 36.4 Å². The quantitative estimate of drug-likeness (QED) is 0.271. The third kappa shape index (κ3) is 4.11. The number of aromatic nitrogens is 1. The molecule has 0 amide bonds. The highest BCUT2D eigenvalue weighted by Gasteiger charge is 2.22. The fourth-order valence-corrected chi connectivity index (χ4v) is 4.24. The first-order valence-electron chi connectivity index (χ1n) is 8.30. The average molecular weight is 407 g/mol. The third-order valence-corrected chi connectivity index (χ3v) is 5.43. The summed E-state index contributed by atoms with van der Waals surface area (Å²) in [5.41, 5.74) is 0.934. The molecule has 140 valence electrons. The summed E-state index contributed by atoms with van der Waals surface area (Å²) in [4.78, 5) is 6.95. The lowest BCUT2D eigenvalue weighted by atomic mass is 10.1. The molecule has 5 rings (SSSR count). The Balaban J connectivity index is 0.000000323. The lowest BCUT2D eigenvalue weighted by molar-refractivity contribution is -2.00. The van der Waals surface area contributed by atoms with E-state index >= 15 is 0 Å². The number of nitrogens with zero attached hydrogens (tertiary/aromatic N) is 2. The number of benzene rings is 2. The minimum absolute atomic E-state index is 0.760. The van der Waals surface area contributed by atoms with Gasteiger partial charge in [0.05, 0.1) is 13.1 Å². The van der Waals surface area contributed by atoms with E-state index in [-0.39, 0.29) is 0 Å². The van der Waals surface area contributed by atoms with Gasteiger partial charge in [-0.25, -0.2) is 23.2 Å². The fourth-order valence-electron chi connectivity index (χ4n) is 3.24. The van der Waals surface area contributed by atoms with Crippen molar-refractivity contribution in [2.45, 2.75) is 12.8 Å². The van der Waals surface area contributed by atoms with Gasteiger partial charge >= 0.3 is 10.7 Å². The number of halogens is 1. The largest absolute Gasteiger partial charge is 0.418 e. The topological polar surface area (TPSA) is 121 Å². The molecule has 1 fully saturated rings. The maximum absolute atomic E-state index is 8.49. The SMILES string of the molecule is [O-][Cl+3]([O-])([O-])[O-].c1ccc2c(c1)ccc1cc3sc(=[N+]4CCCC4)nc-3oc12. The van der Waals surface area contributed by atoms with Crippen molar-refractivity contribution in [3.8, 4) is 10.8 Å². The summed E-state index contributed by atoms with van der Waals surface area (Å²) in [5.74, 6) is 0.760. The molecule has 0 aliphatic carbocycles. The lowest BCUT2D eigenvalue weighted by Crippen LogP contribution is -2.68. The van der Waals surface area contributed by atoms with Gasteiger partial charge in [0.25, 0.3) is 0 Å². The monoisotopic (exact) mass is 406 g/mol. The molecule has 27 heavy (non-hydrogen) atoms. The number of hydrogen-bond acceptors (Lipinski definition) is 7. The first kappa shape index (κ1) is 18.3. The van der Waals surface area contributed by atoms with Crippen LogP contribution in [0.15, 0.2) is 46.9 Å². The Bertz CT molecular complexity index is 1130. The summed E-state index contributed by atoms with van der Waals surface area (Å²) < 4.78 is 42.5. The van der Waals surface area contributed by atoms with Crippen molar-refractivity contribution in [2.75, 3.05) is 13.1 Å². The molecule has 0 saturated carbocycles. The van der Waals surface area contributed by atoms with Crippen LogP contribution in [0.5, 0.6) is 0 Å². The fraction of sp³-hybridized carbons (Fsp3) is 0.222. The zero-order valence-corrected chi connectivity index (χ0v) is 15.7. The standard InChI is InChI=1S/C18H15N2OS.ClHO4/c1-2-6-14-12(5-1)7-8-13-11-15-17(21-16(13)14)19-18(22-15)20-9-3-4-10-20;2-1(3,4)5/h1-2,5-8,11H,3-4,9-10H2;(H,2,3,4,5)/q+1;/p-1. The highest BCUT2D eigenvalue weighted by Crippen LogP contribution is 2.32. The van der Waals surface area contributed by atoms with Crippen LogP contribution in [0, 0.1) is 10.2 Å². The molecule has 7 nitrogen and oxygen atoms in total. The van der Waals surface area contributed by atoms with Gasteiger partial charge in [-0.15, -0.1) is 10.2 Å². The van der Waals surface area contributed by atoms with E-state index in [2.05, 4.69) is 47.0 Å². The molecule has 0 unspecified atom stereocenters. The molecule has 0 N–H and O–H groups in total. The molecule has 2 aromatic rings. The van der Waals surface area contributed by atoms with E-state index in [1.165, 1.54) is 18.2 Å². The van der Waals surface area contributed by atoms with Gasteiger partial charge in [-0.2, -0.15) is 0 Å². The van der Waals surface area contributed by atoms with Crippen LogP contribution in [0.3, 0.4) is 0 Å². The van der Waals surface area contributed by atoms with E-state index in [0.29, 0.717) is 0 Å². The second-order valence-electron chi connectivity index (χ2n) is 6.19. The van der Waals surface area contributed by atoms with E-state index in [0.717, 1.165) is 45.0 Å². The number of rotatable bonds is 0. The van der Waals surface area contributed by atoms with Gasteiger partial charge in [0.1, 0.15) is 10.5 Å². The van der Waals surface area contributed by atoms with Crippen molar-refractivity contribution in [3.63, 3.8) is 0 Å². The van der Waals surface area contributed by atoms with Gasteiger partial charge in [-0.3, -0.25) is 0 Å². The van der Waals surface area contributed by atoms with Crippen LogP contribution in [0.25, 0.3) is 32.5 Å². The second-order valence-corrected chi connectivity index (χ2v) is 7.95. The molecule has 3 heterocycles. The van der Waals surface area contributed by atoms with E-state index in [1.54, 1.807) is 11.3 Å². The Labute approximate surface area is 160 Å². The Morgan fingerprint density at radius 1 is 0.963 bits per heavy atom. The average Bonchev–Trinajstić information content (AvgIpc) is 3.27. The predicted molar refractivity (Wildman–Crippen MR) is 90.3 cm³/mol. The zero-order valence-electron chi connectivity index (χ0n) is 14.1. The van der Waals surface area contributed by atoms with Crippen molar-refractivity contribution >= 4 is 33.1 Å². The first-order valence-corrected chi connectivity index (χ1v) is 10.4. The van der Waals surface area contributed by atoms with E-state index in [4.69, 9.17) is 28.0 Å². The molecular formula is C18H15ClN2O5S. The van der Waals surface area contributed by atoms with Crippen LogP contribution >= 0.6 is 11.3 Å². The lowest BCUT2D eigenvalue weighted by Gasteiger charge is -2.17. The smallest absolute Gasteiger partial charge is 0.382 e. The van der Waals surface area contributed by atoms with Crippen LogP contribution in [-0.2, 0) is 0 Å². The van der Waals surface area contributed by atoms with E-state index in [9.17, 15) is 0 Å². The predicted octanol–water partition coefficient (Wildman–Crippen LogP) is -1.04. The van der Waals surface area contributed by atoms with Gasteiger partial charge < -0.3 is 4.42 Å². The van der Waals surface area contributed by atoms with Crippen molar-refractivity contribution in [1.82, 2.24) is 9.56 Å². The molecule has 9 heteroatoms. The summed E-state index contributed by atoms with van der Waals surface area (Å²) in [6.07, 6.45) is 2.53. The maximum atomic E-state index is 8.49. The first-order chi connectivity index (χ1) is 12.9. The molecule has 3 aliphatic rings. The summed E-state index contributed by atoms with van der Waals surface area (Å²) in [5, 5.41) is 3.49. The summed E-state index contributed by atoms with van der Waals surface area (Å²) >= 11 is 1.74. The summed E-state index contributed by atoms with van der Waals surface area (Å²) in [6.45, 7) is 2.23. The van der Waals surface area contributed by atoms with Crippen LogP contribution in [0.1, 0.15) is 12.8 Å². The molecule has 0 radical (unpaired) electrons. The Kier molecular flexibility index (Phi) is 4.85. The summed E-state index contributed by atoms with van der Waals surface area (Å²) in [7, 11) is -4.94. The van der Waals surface area contributed by atoms with Crippen molar-refractivity contribution < 1.29 is 33.3 Å². The van der Waals surface area contributed by atoms with Crippen molar-refractivity contribution in [1.29, 1.82) is 0 Å². The maximum Gasteiger partial charge on any atom is 0.382 e. The van der Waals surface area contributed by atoms with E-state index < -0.39 is 10.2 Å². The Morgan fingerprint density at radius 2 is 1.63 bits per heavy atom. The molecule has 0 bridgehead atoms. The second kappa shape index (κ2) is 7.16.